The van der Waals surface area contributed by atoms with E-state index in [1.165, 1.54) is 6.07 Å². The van der Waals surface area contributed by atoms with Crippen LogP contribution in [0.25, 0.3) is 5.65 Å². The van der Waals surface area contributed by atoms with Gasteiger partial charge in [0.05, 0.1) is 11.4 Å². The maximum atomic E-state index is 14.4. The molecule has 0 aliphatic carbocycles. The van der Waals surface area contributed by atoms with E-state index in [2.05, 4.69) is 46.0 Å². The number of hydrogen-bond donors (Lipinski definition) is 2. The van der Waals surface area contributed by atoms with Gasteiger partial charge in [-0.15, -0.1) is 0 Å². The van der Waals surface area contributed by atoms with Crippen LogP contribution in [0.3, 0.4) is 0 Å². The van der Waals surface area contributed by atoms with E-state index in [1.54, 1.807) is 34.8 Å². The molecule has 5 heterocycles. The van der Waals surface area contributed by atoms with E-state index in [1.807, 2.05) is 6.07 Å². The molecule has 0 radical (unpaired) electrons. The molecule has 10 nitrogen and oxygen atoms in total. The van der Waals surface area contributed by atoms with Crippen molar-refractivity contribution >= 4 is 34.8 Å². The number of anilines is 3. The van der Waals surface area contributed by atoms with Crippen molar-refractivity contribution < 1.29 is 32.3 Å². The quantitative estimate of drug-likeness (QED) is 0.465. The number of hydrogen-bond acceptors (Lipinski definition) is 6. The minimum atomic E-state index is -5.08. The highest BCUT2D eigenvalue weighted by Gasteiger charge is 2.38. The molecule has 0 unspecified atom stereocenters. The number of aryl methyl sites for hydroxylation is 1. The molecule has 1 fully saturated rings. The Kier molecular flexibility index (Phi) is 7.43. The fourth-order valence-electron chi connectivity index (χ4n) is 4.65. The third kappa shape index (κ3) is 5.90. The minimum Gasteiger partial charge on any atom is -0.475 e. The number of pyridine rings is 2. The Morgan fingerprint density at radius 3 is 2.49 bits per heavy atom. The van der Waals surface area contributed by atoms with Gasteiger partial charge in [0.1, 0.15) is 5.82 Å². The fourth-order valence-corrected chi connectivity index (χ4v) is 4.65. The number of halogens is 4. The van der Waals surface area contributed by atoms with E-state index >= 15 is 0 Å². The summed E-state index contributed by atoms with van der Waals surface area (Å²) in [7, 11) is 2.16. The molecule has 0 spiro atoms. The van der Waals surface area contributed by atoms with Crippen LogP contribution >= 0.6 is 0 Å². The van der Waals surface area contributed by atoms with E-state index in [0.29, 0.717) is 23.7 Å². The summed E-state index contributed by atoms with van der Waals surface area (Å²) in [6, 6.07) is 3.03. The first-order chi connectivity index (χ1) is 18.2. The number of carboxylic acid groups (broad SMARTS) is 1. The summed E-state index contributed by atoms with van der Waals surface area (Å²) in [5, 5.41) is 9.95. The van der Waals surface area contributed by atoms with Gasteiger partial charge in [0.15, 0.2) is 11.5 Å². The number of aliphatic carboxylic acids is 1. The van der Waals surface area contributed by atoms with Gasteiger partial charge in [-0.1, -0.05) is 0 Å². The lowest BCUT2D eigenvalue weighted by Gasteiger charge is -2.46. The third-order valence-electron chi connectivity index (χ3n) is 6.87. The summed E-state index contributed by atoms with van der Waals surface area (Å²) >= 11 is 0. The van der Waals surface area contributed by atoms with Crippen LogP contribution in [0.15, 0.2) is 30.7 Å². The Hall–Kier alpha value is -3.94. The maximum absolute atomic E-state index is 14.4. The van der Waals surface area contributed by atoms with Crippen LogP contribution in [-0.4, -0.2) is 81.3 Å². The molecule has 2 aliphatic heterocycles. The maximum Gasteiger partial charge on any atom is 0.490 e. The van der Waals surface area contributed by atoms with Gasteiger partial charge >= 0.3 is 18.2 Å². The number of imidazole rings is 1. The Balaban J connectivity index is 0.000000448. The molecule has 210 valence electrons. The van der Waals surface area contributed by atoms with Crippen LogP contribution in [0, 0.1) is 12.7 Å². The molecule has 0 aromatic carbocycles. The summed E-state index contributed by atoms with van der Waals surface area (Å²) < 4.78 is 47.7. The number of urea groups is 1. The van der Waals surface area contributed by atoms with Crippen molar-refractivity contribution in [2.75, 3.05) is 48.3 Å². The zero-order chi connectivity index (χ0) is 28.7. The number of fused-ring (bicyclic) bond motifs is 2. The smallest absolute Gasteiger partial charge is 0.475 e. The van der Waals surface area contributed by atoms with Gasteiger partial charge in [-0.2, -0.15) is 13.2 Å². The predicted octanol–water partition coefficient (Wildman–Crippen LogP) is 3.94. The predicted molar refractivity (Wildman–Crippen MR) is 137 cm³/mol. The van der Waals surface area contributed by atoms with Crippen LogP contribution in [0.5, 0.6) is 0 Å². The summed E-state index contributed by atoms with van der Waals surface area (Å²) in [4.78, 5) is 37.1. The number of nitrogens with one attached hydrogen (secondary N) is 1. The summed E-state index contributed by atoms with van der Waals surface area (Å²) in [5.74, 6) is -2.56. The van der Waals surface area contributed by atoms with Crippen molar-refractivity contribution in [1.29, 1.82) is 0 Å². The number of carbonyl (C=O) groups excluding carboxylic acids is 1. The Morgan fingerprint density at radius 2 is 1.85 bits per heavy atom. The van der Waals surface area contributed by atoms with Crippen molar-refractivity contribution in [3.05, 3.63) is 47.8 Å². The lowest BCUT2D eigenvalue weighted by Crippen LogP contribution is -2.57. The van der Waals surface area contributed by atoms with Gasteiger partial charge in [-0.25, -0.2) is 23.9 Å². The fraction of sp³-hybridized carbons (Fsp3) is 0.440. The number of nitrogens with zero attached hydrogens (tertiary/aromatic N) is 6. The van der Waals surface area contributed by atoms with Crippen LogP contribution < -0.4 is 15.1 Å². The molecule has 0 atom stereocenters. The highest BCUT2D eigenvalue weighted by molar-refractivity contribution is 6.03. The lowest BCUT2D eigenvalue weighted by atomic mass is 9.98. The first-order valence-corrected chi connectivity index (χ1v) is 12.1. The van der Waals surface area contributed by atoms with E-state index in [9.17, 15) is 22.4 Å². The molecule has 2 N–H and O–H groups in total. The third-order valence-corrected chi connectivity index (χ3v) is 6.87. The van der Waals surface area contributed by atoms with Crippen LogP contribution in [-0.2, 0) is 11.2 Å². The first kappa shape index (κ1) is 28.1. The highest BCUT2D eigenvalue weighted by Crippen LogP contribution is 2.36. The summed E-state index contributed by atoms with van der Waals surface area (Å²) in [6.07, 6.45) is 0.825. The number of amides is 2. The van der Waals surface area contributed by atoms with Gasteiger partial charge in [0.2, 0.25) is 0 Å². The lowest BCUT2D eigenvalue weighted by molar-refractivity contribution is -0.192. The van der Waals surface area contributed by atoms with E-state index in [0.717, 1.165) is 37.3 Å². The van der Waals surface area contributed by atoms with Crippen LogP contribution in [0.4, 0.5) is 39.5 Å². The van der Waals surface area contributed by atoms with Crippen LogP contribution in [0.1, 0.15) is 25.1 Å². The van der Waals surface area contributed by atoms with E-state index in [4.69, 9.17) is 9.90 Å². The number of alkyl halides is 3. The van der Waals surface area contributed by atoms with E-state index in [-0.39, 0.29) is 17.2 Å². The second-order valence-corrected chi connectivity index (χ2v) is 10.1. The topological polar surface area (TPSA) is 106 Å². The van der Waals surface area contributed by atoms with Crippen molar-refractivity contribution in [1.82, 2.24) is 19.3 Å². The Labute approximate surface area is 221 Å². The normalized spacial score (nSPS) is 17.0. The molecule has 3 aromatic heterocycles. The molecule has 3 aromatic rings. The molecule has 0 bridgehead atoms. The molecule has 14 heteroatoms. The average molecular weight is 552 g/mol. The largest absolute Gasteiger partial charge is 0.490 e. The molecule has 2 amide bonds. The first-order valence-electron chi connectivity index (χ1n) is 12.1. The number of piperazine rings is 1. The monoisotopic (exact) mass is 551 g/mol. The number of rotatable bonds is 2. The number of aromatic nitrogens is 3. The SMILES string of the molecule is Cc1cn2cc(NC(=O)N3CCc4c(N5CCN(C)C(C)(C)C5)ccnc43)cc(F)c2n1.O=C(O)C(F)(F)F. The Bertz CT molecular complexity index is 1410. The molecule has 39 heavy (non-hydrogen) atoms. The highest BCUT2D eigenvalue weighted by atomic mass is 19.4. The van der Waals surface area contributed by atoms with Gasteiger partial charge in [0.25, 0.3) is 0 Å². The number of carbonyl (C=O) groups is 2. The van der Waals surface area contributed by atoms with E-state index < -0.39 is 18.0 Å². The summed E-state index contributed by atoms with van der Waals surface area (Å²) in [5.41, 5.74) is 3.64. The number of carboxylic acids is 1. The molecular formula is C25H29F4N7O3. The van der Waals surface area contributed by atoms with Crippen molar-refractivity contribution in [2.45, 2.75) is 38.9 Å². The van der Waals surface area contributed by atoms with Crippen molar-refractivity contribution in [2.24, 2.45) is 0 Å². The summed E-state index contributed by atoms with van der Waals surface area (Å²) in [6.45, 7) is 9.67. The molecule has 0 saturated carbocycles. The molecule has 2 aliphatic rings. The van der Waals surface area contributed by atoms with Crippen LogP contribution in [0.2, 0.25) is 0 Å². The minimum absolute atomic E-state index is 0.0679. The van der Waals surface area contributed by atoms with Gasteiger partial charge in [-0.05, 0) is 40.3 Å². The Morgan fingerprint density at radius 1 is 1.15 bits per heavy atom. The molecule has 5 rings (SSSR count). The van der Waals surface area contributed by atoms with Crippen molar-refractivity contribution in [3.8, 4) is 0 Å². The van der Waals surface area contributed by atoms with Gasteiger partial charge in [0, 0.05) is 67.6 Å². The second-order valence-electron chi connectivity index (χ2n) is 10.1. The molecule has 1 saturated heterocycles. The zero-order valence-electron chi connectivity index (χ0n) is 21.9. The second kappa shape index (κ2) is 10.3. The zero-order valence-corrected chi connectivity index (χ0v) is 21.9. The van der Waals surface area contributed by atoms with Gasteiger partial charge < -0.3 is 19.7 Å². The van der Waals surface area contributed by atoms with Crippen molar-refractivity contribution in [3.63, 3.8) is 0 Å². The average Bonchev–Trinajstić information content (AvgIpc) is 3.44. The van der Waals surface area contributed by atoms with Gasteiger partial charge in [-0.3, -0.25) is 9.80 Å². The molecular weight excluding hydrogens is 522 g/mol. The standard InChI is InChI=1S/C23H28FN7O.C2HF3O2/c1-15-12-30-13-16(11-18(24)21(30)26-15)27-22(32)31-8-6-17-19(5-7-25-20(17)31)29-10-9-28(4)23(2,3)14-29;3-2(4,5)1(6)7/h5,7,11-13H,6,8-10,14H2,1-4H3,(H,27,32);(H,6,7). The number of likely N-dealkylation sites (N-methyl/N-ethyl adjacent to an activating group) is 1.